The summed E-state index contributed by atoms with van der Waals surface area (Å²) in [6.45, 7) is 7.44. The molecule has 0 aromatic heterocycles. The van der Waals surface area contributed by atoms with Gasteiger partial charge in [0.2, 0.25) is 5.91 Å². The number of likely N-dealkylation sites (tertiary alicyclic amines) is 1. The van der Waals surface area contributed by atoms with Crippen LogP contribution in [0.15, 0.2) is 48.5 Å². The zero-order chi connectivity index (χ0) is 21.7. The van der Waals surface area contributed by atoms with E-state index in [4.69, 9.17) is 16.3 Å². The van der Waals surface area contributed by atoms with Gasteiger partial charge in [0.05, 0.1) is 0 Å². The van der Waals surface area contributed by atoms with Gasteiger partial charge in [-0.25, -0.2) is 0 Å². The van der Waals surface area contributed by atoms with Crippen LogP contribution in [0.2, 0.25) is 5.02 Å². The second-order valence-electron chi connectivity index (χ2n) is 8.69. The molecule has 0 unspecified atom stereocenters. The number of hydrogen-bond donors (Lipinski definition) is 1. The number of amides is 2. The van der Waals surface area contributed by atoms with Crippen LogP contribution in [0.25, 0.3) is 0 Å². The molecule has 2 aromatic carbocycles. The molecule has 0 radical (unpaired) electrons. The Morgan fingerprint density at radius 2 is 1.63 bits per heavy atom. The van der Waals surface area contributed by atoms with Crippen molar-refractivity contribution in [2.45, 2.75) is 46.3 Å². The predicted octanol–water partition coefficient (Wildman–Crippen LogP) is 4.69. The standard InChI is InChI=1S/C24H29ClN2O3/c1-24(2,3)23(29)26-16-17-4-6-18(7-5-17)22(28)27-14-12-21(13-15-27)30-20-10-8-19(25)9-11-20/h4-11,21H,12-16H2,1-3H3,(H,26,29). The summed E-state index contributed by atoms with van der Waals surface area (Å²) in [7, 11) is 0. The molecule has 1 aliphatic rings. The zero-order valence-electron chi connectivity index (χ0n) is 17.8. The van der Waals surface area contributed by atoms with Crippen LogP contribution in [0.4, 0.5) is 0 Å². The molecule has 160 valence electrons. The smallest absolute Gasteiger partial charge is 0.253 e. The molecule has 2 amide bonds. The average Bonchev–Trinajstić information content (AvgIpc) is 2.73. The van der Waals surface area contributed by atoms with Crippen molar-refractivity contribution in [3.05, 3.63) is 64.7 Å². The number of carbonyl (C=O) groups is 2. The van der Waals surface area contributed by atoms with Crippen molar-refractivity contribution in [1.82, 2.24) is 10.2 Å². The van der Waals surface area contributed by atoms with Gasteiger partial charge >= 0.3 is 0 Å². The minimum absolute atomic E-state index is 0.00587. The van der Waals surface area contributed by atoms with Crippen molar-refractivity contribution in [2.75, 3.05) is 13.1 Å². The van der Waals surface area contributed by atoms with Crippen molar-refractivity contribution in [2.24, 2.45) is 5.41 Å². The van der Waals surface area contributed by atoms with Gasteiger partial charge in [-0.1, -0.05) is 44.5 Å². The van der Waals surface area contributed by atoms with E-state index in [0.717, 1.165) is 24.2 Å². The maximum atomic E-state index is 12.8. The van der Waals surface area contributed by atoms with Gasteiger partial charge in [0.15, 0.2) is 0 Å². The molecule has 3 rings (SSSR count). The number of ether oxygens (including phenoxy) is 1. The van der Waals surface area contributed by atoms with Gasteiger partial charge in [0.25, 0.3) is 5.91 Å². The van der Waals surface area contributed by atoms with Crippen LogP contribution < -0.4 is 10.1 Å². The SMILES string of the molecule is CC(C)(C)C(=O)NCc1ccc(C(=O)N2CCC(Oc3ccc(Cl)cc3)CC2)cc1. The summed E-state index contributed by atoms with van der Waals surface area (Å²) < 4.78 is 6.00. The van der Waals surface area contributed by atoms with E-state index in [0.29, 0.717) is 30.2 Å². The molecular formula is C24H29ClN2O3. The molecule has 1 saturated heterocycles. The zero-order valence-corrected chi connectivity index (χ0v) is 18.5. The number of piperidine rings is 1. The molecule has 1 fully saturated rings. The fourth-order valence-corrected chi connectivity index (χ4v) is 3.40. The summed E-state index contributed by atoms with van der Waals surface area (Å²) >= 11 is 5.91. The number of nitrogens with one attached hydrogen (secondary N) is 1. The van der Waals surface area contributed by atoms with Gasteiger partial charge in [0.1, 0.15) is 11.9 Å². The second kappa shape index (κ2) is 9.52. The van der Waals surface area contributed by atoms with E-state index in [1.165, 1.54) is 0 Å². The first-order valence-electron chi connectivity index (χ1n) is 10.3. The third-order valence-corrected chi connectivity index (χ3v) is 5.43. The summed E-state index contributed by atoms with van der Waals surface area (Å²) in [4.78, 5) is 26.7. The average molecular weight is 429 g/mol. The van der Waals surface area contributed by atoms with Gasteiger partial charge in [-0.15, -0.1) is 0 Å². The summed E-state index contributed by atoms with van der Waals surface area (Å²) in [6, 6.07) is 14.8. The Bertz CT molecular complexity index is 865. The highest BCUT2D eigenvalue weighted by atomic mass is 35.5. The molecule has 5 nitrogen and oxygen atoms in total. The maximum absolute atomic E-state index is 12.8. The quantitative estimate of drug-likeness (QED) is 0.751. The minimum Gasteiger partial charge on any atom is -0.490 e. The van der Waals surface area contributed by atoms with Crippen LogP contribution in [0.5, 0.6) is 5.75 Å². The summed E-state index contributed by atoms with van der Waals surface area (Å²) in [6.07, 6.45) is 1.69. The highest BCUT2D eigenvalue weighted by molar-refractivity contribution is 6.30. The Hall–Kier alpha value is -2.53. The Morgan fingerprint density at radius 1 is 1.03 bits per heavy atom. The molecular weight excluding hydrogens is 400 g/mol. The predicted molar refractivity (Wildman–Crippen MR) is 119 cm³/mol. The van der Waals surface area contributed by atoms with Gasteiger partial charge < -0.3 is 15.0 Å². The van der Waals surface area contributed by atoms with Gasteiger partial charge in [-0.2, -0.15) is 0 Å². The monoisotopic (exact) mass is 428 g/mol. The molecule has 30 heavy (non-hydrogen) atoms. The van der Waals surface area contributed by atoms with Crippen molar-refractivity contribution in [3.8, 4) is 5.75 Å². The Morgan fingerprint density at radius 3 is 2.20 bits per heavy atom. The van der Waals surface area contributed by atoms with Crippen molar-refractivity contribution < 1.29 is 14.3 Å². The Kier molecular flexibility index (Phi) is 7.03. The summed E-state index contributed by atoms with van der Waals surface area (Å²) in [5.41, 5.74) is 1.22. The molecule has 0 bridgehead atoms. The van der Waals surface area contributed by atoms with E-state index in [9.17, 15) is 9.59 Å². The summed E-state index contributed by atoms with van der Waals surface area (Å²) in [5.74, 6) is 0.842. The highest BCUT2D eigenvalue weighted by Crippen LogP contribution is 2.22. The van der Waals surface area contributed by atoms with E-state index in [1.54, 1.807) is 0 Å². The first-order valence-corrected chi connectivity index (χ1v) is 10.7. The lowest BCUT2D eigenvalue weighted by atomic mass is 9.95. The first-order chi connectivity index (χ1) is 14.2. The van der Waals surface area contributed by atoms with Crippen LogP contribution in [0.3, 0.4) is 0 Å². The largest absolute Gasteiger partial charge is 0.490 e. The fourth-order valence-electron chi connectivity index (χ4n) is 3.28. The number of rotatable bonds is 5. The lowest BCUT2D eigenvalue weighted by Crippen LogP contribution is -2.41. The molecule has 0 saturated carbocycles. The maximum Gasteiger partial charge on any atom is 0.253 e. The van der Waals surface area contributed by atoms with E-state index >= 15 is 0 Å². The van der Waals surface area contributed by atoms with Gasteiger partial charge in [-0.3, -0.25) is 9.59 Å². The molecule has 1 N–H and O–H groups in total. The molecule has 1 aliphatic heterocycles. The molecule has 1 heterocycles. The number of benzene rings is 2. The number of nitrogens with zero attached hydrogens (tertiary/aromatic N) is 1. The number of halogens is 1. The van der Waals surface area contributed by atoms with Crippen molar-refractivity contribution in [1.29, 1.82) is 0 Å². The third kappa shape index (κ3) is 5.99. The van der Waals surface area contributed by atoms with E-state index < -0.39 is 5.41 Å². The van der Waals surface area contributed by atoms with E-state index in [-0.39, 0.29) is 17.9 Å². The minimum atomic E-state index is -0.417. The fraction of sp³-hybridized carbons (Fsp3) is 0.417. The van der Waals surface area contributed by atoms with Gasteiger partial charge in [0, 0.05) is 48.5 Å². The Labute approximate surface area is 183 Å². The lowest BCUT2D eigenvalue weighted by molar-refractivity contribution is -0.128. The molecule has 0 atom stereocenters. The van der Waals surface area contributed by atoms with E-state index in [2.05, 4.69) is 5.32 Å². The lowest BCUT2D eigenvalue weighted by Gasteiger charge is -2.32. The second-order valence-corrected chi connectivity index (χ2v) is 9.13. The molecule has 0 aliphatic carbocycles. The van der Waals surface area contributed by atoms with E-state index in [1.807, 2.05) is 74.2 Å². The normalized spacial score (nSPS) is 15.0. The highest BCUT2D eigenvalue weighted by Gasteiger charge is 2.25. The van der Waals surface area contributed by atoms with Crippen LogP contribution in [0, 0.1) is 5.41 Å². The van der Waals surface area contributed by atoms with Crippen LogP contribution in [-0.4, -0.2) is 35.9 Å². The van der Waals surface area contributed by atoms with Gasteiger partial charge in [-0.05, 0) is 42.0 Å². The van der Waals surface area contributed by atoms with Crippen LogP contribution in [0.1, 0.15) is 49.5 Å². The summed E-state index contributed by atoms with van der Waals surface area (Å²) in [5, 5.41) is 3.61. The topological polar surface area (TPSA) is 58.6 Å². The first kappa shape index (κ1) is 22.2. The molecule has 2 aromatic rings. The Balaban J connectivity index is 1.48. The number of hydrogen-bond acceptors (Lipinski definition) is 3. The van der Waals surface area contributed by atoms with Crippen molar-refractivity contribution >= 4 is 23.4 Å². The molecule has 6 heteroatoms. The van der Waals surface area contributed by atoms with Crippen molar-refractivity contribution in [3.63, 3.8) is 0 Å². The third-order valence-electron chi connectivity index (χ3n) is 5.18. The number of carbonyl (C=O) groups excluding carboxylic acids is 2. The molecule has 0 spiro atoms. The van der Waals surface area contributed by atoms with Crippen LogP contribution >= 0.6 is 11.6 Å². The van der Waals surface area contributed by atoms with Crippen LogP contribution in [-0.2, 0) is 11.3 Å².